The van der Waals surface area contributed by atoms with E-state index in [0.29, 0.717) is 6.04 Å². The summed E-state index contributed by atoms with van der Waals surface area (Å²) in [6, 6.07) is 8.34. The first-order chi connectivity index (χ1) is 14.1. The molecule has 0 bridgehead atoms. The Balaban J connectivity index is 0.000000396. The van der Waals surface area contributed by atoms with Gasteiger partial charge in [-0.15, -0.1) is 11.3 Å². The van der Waals surface area contributed by atoms with Crippen LogP contribution in [0.2, 0.25) is 0 Å². The van der Waals surface area contributed by atoms with E-state index in [1.165, 1.54) is 11.8 Å². The fourth-order valence-corrected chi connectivity index (χ4v) is 3.69. The van der Waals surface area contributed by atoms with Crippen molar-refractivity contribution in [3.8, 4) is 11.3 Å². The van der Waals surface area contributed by atoms with Crippen LogP contribution in [-0.4, -0.2) is 47.3 Å². The molecule has 0 aliphatic carbocycles. The summed E-state index contributed by atoms with van der Waals surface area (Å²) in [6.07, 6.45) is -2.81. The van der Waals surface area contributed by atoms with Gasteiger partial charge in [0.2, 0.25) is 5.91 Å². The molecule has 1 fully saturated rings. The minimum absolute atomic E-state index is 0.0592. The van der Waals surface area contributed by atoms with Gasteiger partial charge in [0.05, 0.1) is 5.69 Å². The van der Waals surface area contributed by atoms with Gasteiger partial charge in [-0.3, -0.25) is 4.79 Å². The molecule has 164 valence electrons. The van der Waals surface area contributed by atoms with Gasteiger partial charge in [0, 0.05) is 29.1 Å². The van der Waals surface area contributed by atoms with E-state index >= 15 is 0 Å². The number of thiazole rings is 1. The fourth-order valence-electron chi connectivity index (χ4n) is 2.78. The molecule has 1 aliphatic heterocycles. The minimum atomic E-state index is -5.08. The van der Waals surface area contributed by atoms with Crippen LogP contribution < -0.4 is 16.0 Å². The van der Waals surface area contributed by atoms with Crippen molar-refractivity contribution in [3.63, 3.8) is 0 Å². The second-order valence-electron chi connectivity index (χ2n) is 6.65. The zero-order valence-electron chi connectivity index (χ0n) is 16.5. The Morgan fingerprint density at radius 3 is 2.27 bits per heavy atom. The number of nitrogens with one attached hydrogen (secondary N) is 3. The highest BCUT2D eigenvalue weighted by Gasteiger charge is 2.38. The molecule has 1 saturated heterocycles. The molecule has 11 heteroatoms. The zero-order valence-corrected chi connectivity index (χ0v) is 17.3. The lowest BCUT2D eigenvalue weighted by Gasteiger charge is -2.23. The standard InChI is InChI=1S/C17H22N4OS.C2HF3O2/c1-11-16(13-3-5-14(6-4-13)19-12(2)22)21-17(23-11)20-15-7-9-18-10-8-15;3-2(4,5)1(6)7/h3-6,15,18H,7-10H2,1-2H3,(H,19,22)(H,20,21);(H,6,7). The van der Waals surface area contributed by atoms with Crippen molar-refractivity contribution in [1.82, 2.24) is 10.3 Å². The number of aromatic nitrogens is 1. The van der Waals surface area contributed by atoms with Crippen LogP contribution in [0.5, 0.6) is 0 Å². The number of amides is 1. The number of aryl methyl sites for hydroxylation is 1. The van der Waals surface area contributed by atoms with E-state index in [1.807, 2.05) is 24.3 Å². The maximum atomic E-state index is 11.1. The predicted molar refractivity (Wildman–Crippen MR) is 110 cm³/mol. The van der Waals surface area contributed by atoms with Gasteiger partial charge in [0.1, 0.15) is 0 Å². The number of nitrogens with zero attached hydrogens (tertiary/aromatic N) is 1. The minimum Gasteiger partial charge on any atom is -0.475 e. The Morgan fingerprint density at radius 2 is 1.77 bits per heavy atom. The van der Waals surface area contributed by atoms with Crippen molar-refractivity contribution in [2.45, 2.75) is 38.9 Å². The van der Waals surface area contributed by atoms with Gasteiger partial charge in [-0.1, -0.05) is 12.1 Å². The number of carbonyl (C=O) groups excluding carboxylic acids is 1. The number of halogens is 3. The van der Waals surface area contributed by atoms with Crippen LogP contribution in [0.3, 0.4) is 0 Å². The molecule has 0 spiro atoms. The number of aliphatic carboxylic acids is 1. The molecule has 1 aromatic carbocycles. The molecule has 2 aromatic rings. The zero-order chi connectivity index (χ0) is 22.3. The van der Waals surface area contributed by atoms with Crippen LogP contribution in [0.4, 0.5) is 24.0 Å². The van der Waals surface area contributed by atoms with Gasteiger partial charge in [-0.2, -0.15) is 13.2 Å². The van der Waals surface area contributed by atoms with E-state index in [2.05, 4.69) is 22.9 Å². The molecule has 0 unspecified atom stereocenters. The van der Waals surface area contributed by atoms with Crippen LogP contribution in [0.25, 0.3) is 11.3 Å². The molecule has 3 rings (SSSR count). The third kappa shape index (κ3) is 7.30. The van der Waals surface area contributed by atoms with Gasteiger partial charge < -0.3 is 21.1 Å². The van der Waals surface area contributed by atoms with Crippen LogP contribution in [-0.2, 0) is 9.59 Å². The molecular weight excluding hydrogens is 421 g/mol. The molecule has 0 saturated carbocycles. The van der Waals surface area contributed by atoms with Crippen molar-refractivity contribution in [3.05, 3.63) is 29.1 Å². The quantitative estimate of drug-likeness (QED) is 0.571. The number of carboxylic acid groups (broad SMARTS) is 1. The average Bonchev–Trinajstić information content (AvgIpc) is 3.02. The summed E-state index contributed by atoms with van der Waals surface area (Å²) in [5, 5.41) is 17.8. The number of carbonyl (C=O) groups is 2. The summed E-state index contributed by atoms with van der Waals surface area (Å²) in [6.45, 7) is 5.75. The summed E-state index contributed by atoms with van der Waals surface area (Å²) in [5.74, 6) is -2.82. The summed E-state index contributed by atoms with van der Waals surface area (Å²) >= 11 is 1.71. The van der Waals surface area contributed by atoms with Gasteiger partial charge in [-0.25, -0.2) is 9.78 Å². The molecule has 0 radical (unpaired) electrons. The number of carboxylic acids is 1. The van der Waals surface area contributed by atoms with Gasteiger partial charge in [0.15, 0.2) is 5.13 Å². The number of piperidine rings is 1. The first-order valence-corrected chi connectivity index (χ1v) is 10.0. The number of hydrogen-bond acceptors (Lipinski definition) is 6. The predicted octanol–water partition coefficient (Wildman–Crippen LogP) is 3.87. The van der Waals surface area contributed by atoms with E-state index in [1.54, 1.807) is 11.3 Å². The van der Waals surface area contributed by atoms with Crippen molar-refractivity contribution in [2.75, 3.05) is 23.7 Å². The Labute approximate surface area is 175 Å². The van der Waals surface area contributed by atoms with Gasteiger partial charge in [-0.05, 0) is 45.0 Å². The Morgan fingerprint density at radius 1 is 1.20 bits per heavy atom. The molecule has 1 amide bonds. The molecule has 1 aliphatic rings. The smallest absolute Gasteiger partial charge is 0.475 e. The highest BCUT2D eigenvalue weighted by molar-refractivity contribution is 7.16. The molecule has 30 heavy (non-hydrogen) atoms. The number of anilines is 2. The molecule has 2 heterocycles. The summed E-state index contributed by atoms with van der Waals surface area (Å²) in [5.41, 5.74) is 2.90. The van der Waals surface area contributed by atoms with Crippen LogP contribution in [0, 0.1) is 6.92 Å². The van der Waals surface area contributed by atoms with Crippen LogP contribution >= 0.6 is 11.3 Å². The summed E-state index contributed by atoms with van der Waals surface area (Å²) < 4.78 is 31.7. The Hall–Kier alpha value is -2.66. The average molecular weight is 444 g/mol. The summed E-state index contributed by atoms with van der Waals surface area (Å²) in [7, 11) is 0. The fraction of sp³-hybridized carbons (Fsp3) is 0.421. The number of hydrogen-bond donors (Lipinski definition) is 4. The highest BCUT2D eigenvalue weighted by atomic mass is 32.1. The lowest BCUT2D eigenvalue weighted by Crippen LogP contribution is -2.35. The number of alkyl halides is 3. The largest absolute Gasteiger partial charge is 0.490 e. The molecule has 1 aromatic heterocycles. The SMILES string of the molecule is CC(=O)Nc1ccc(-c2nc(NC3CCNCC3)sc2C)cc1.O=C(O)C(F)(F)F. The van der Waals surface area contributed by atoms with E-state index in [9.17, 15) is 18.0 Å². The monoisotopic (exact) mass is 444 g/mol. The third-order valence-electron chi connectivity index (χ3n) is 4.18. The molecule has 7 nitrogen and oxygen atoms in total. The topological polar surface area (TPSA) is 103 Å². The molecule has 4 N–H and O–H groups in total. The first kappa shape index (κ1) is 23.6. The van der Waals surface area contributed by atoms with E-state index in [0.717, 1.165) is 48.0 Å². The first-order valence-electron chi connectivity index (χ1n) is 9.19. The van der Waals surface area contributed by atoms with E-state index in [4.69, 9.17) is 14.9 Å². The normalized spacial score (nSPS) is 14.4. The van der Waals surface area contributed by atoms with Crippen molar-refractivity contribution >= 4 is 34.0 Å². The van der Waals surface area contributed by atoms with Gasteiger partial charge in [0.25, 0.3) is 0 Å². The lowest BCUT2D eigenvalue weighted by molar-refractivity contribution is -0.192. The van der Waals surface area contributed by atoms with E-state index in [-0.39, 0.29) is 5.91 Å². The van der Waals surface area contributed by atoms with E-state index < -0.39 is 12.1 Å². The maximum Gasteiger partial charge on any atom is 0.490 e. The van der Waals surface area contributed by atoms with Crippen molar-refractivity contribution in [1.29, 1.82) is 0 Å². The van der Waals surface area contributed by atoms with Gasteiger partial charge >= 0.3 is 12.1 Å². The Bertz CT molecular complexity index is 863. The number of benzene rings is 1. The van der Waals surface area contributed by atoms with Crippen LogP contribution in [0.15, 0.2) is 24.3 Å². The maximum absolute atomic E-state index is 11.1. The Kier molecular flexibility index (Phi) is 8.18. The lowest BCUT2D eigenvalue weighted by atomic mass is 10.1. The summed E-state index contributed by atoms with van der Waals surface area (Å²) in [4.78, 5) is 25.9. The highest BCUT2D eigenvalue weighted by Crippen LogP contribution is 2.31. The van der Waals surface area contributed by atoms with Crippen molar-refractivity contribution in [2.24, 2.45) is 0 Å². The second-order valence-corrected chi connectivity index (χ2v) is 7.86. The second kappa shape index (κ2) is 10.4. The molecular formula is C19H23F3N4O3S. The van der Waals surface area contributed by atoms with Crippen molar-refractivity contribution < 1.29 is 27.9 Å². The molecule has 0 atom stereocenters. The third-order valence-corrected chi connectivity index (χ3v) is 5.09. The number of rotatable bonds is 4. The van der Waals surface area contributed by atoms with Crippen LogP contribution in [0.1, 0.15) is 24.6 Å².